The third-order valence-corrected chi connectivity index (χ3v) is 4.64. The van der Waals surface area contributed by atoms with Crippen molar-refractivity contribution in [1.82, 2.24) is 15.1 Å². The fourth-order valence-corrected chi connectivity index (χ4v) is 3.10. The molecular weight excluding hydrogens is 374 g/mol. The Morgan fingerprint density at radius 2 is 1.54 bits per heavy atom. The third kappa shape index (κ3) is 3.52. The number of nitrogens with zero attached hydrogens (tertiary/aromatic N) is 2. The number of rotatable bonds is 4. The summed E-state index contributed by atoms with van der Waals surface area (Å²) in [7, 11) is 0. The van der Waals surface area contributed by atoms with Gasteiger partial charge in [0, 0.05) is 17.0 Å². The van der Waals surface area contributed by atoms with E-state index in [1.54, 1.807) is 48.5 Å². The van der Waals surface area contributed by atoms with E-state index in [1.807, 2.05) is 30.3 Å². The lowest BCUT2D eigenvalue weighted by Gasteiger charge is -2.11. The number of nitrogens with one attached hydrogen (secondary N) is 1. The average molecular weight is 390 g/mol. The molecular formula is C22H16ClN3O2. The minimum Gasteiger partial charge on any atom is -0.347 e. The van der Waals surface area contributed by atoms with Gasteiger partial charge in [0.25, 0.3) is 11.5 Å². The lowest BCUT2D eigenvalue weighted by atomic mass is 10.1. The molecule has 0 bridgehead atoms. The van der Waals surface area contributed by atoms with Crippen LogP contribution in [-0.4, -0.2) is 15.7 Å². The van der Waals surface area contributed by atoms with Gasteiger partial charge in [-0.1, -0.05) is 60.1 Å². The van der Waals surface area contributed by atoms with Crippen molar-refractivity contribution in [3.8, 4) is 5.69 Å². The number of carbonyl (C=O) groups is 1. The van der Waals surface area contributed by atoms with E-state index in [9.17, 15) is 9.59 Å². The third-order valence-electron chi connectivity index (χ3n) is 4.39. The molecule has 0 aliphatic rings. The Hall–Kier alpha value is -3.44. The van der Waals surface area contributed by atoms with E-state index in [2.05, 4.69) is 10.4 Å². The second-order valence-corrected chi connectivity index (χ2v) is 6.69. The van der Waals surface area contributed by atoms with Gasteiger partial charge in [-0.05, 0) is 35.9 Å². The molecule has 5 nitrogen and oxygen atoms in total. The fraction of sp³-hybridized carbons (Fsp3) is 0.0455. The van der Waals surface area contributed by atoms with Crippen LogP contribution in [0.25, 0.3) is 16.5 Å². The molecule has 1 N–H and O–H groups in total. The van der Waals surface area contributed by atoms with Crippen molar-refractivity contribution in [3.63, 3.8) is 0 Å². The van der Waals surface area contributed by atoms with Crippen LogP contribution in [-0.2, 0) is 6.54 Å². The molecule has 0 atom stereocenters. The Morgan fingerprint density at radius 3 is 2.25 bits per heavy atom. The zero-order valence-corrected chi connectivity index (χ0v) is 15.6. The molecule has 3 aromatic carbocycles. The Morgan fingerprint density at radius 1 is 0.893 bits per heavy atom. The number of amides is 1. The van der Waals surface area contributed by atoms with Crippen molar-refractivity contribution in [2.75, 3.05) is 0 Å². The van der Waals surface area contributed by atoms with Gasteiger partial charge in [-0.2, -0.15) is 9.78 Å². The van der Waals surface area contributed by atoms with Gasteiger partial charge in [-0.25, -0.2) is 0 Å². The SMILES string of the molecule is O=C(NCc1ccccc1)c1nn(-c2ccc(Cl)cc2)c(=O)c2ccccc12. The predicted molar refractivity (Wildman–Crippen MR) is 110 cm³/mol. The van der Waals surface area contributed by atoms with Gasteiger partial charge in [0.1, 0.15) is 0 Å². The molecule has 0 aliphatic heterocycles. The van der Waals surface area contributed by atoms with Crippen molar-refractivity contribution in [1.29, 1.82) is 0 Å². The van der Waals surface area contributed by atoms with Crippen LogP contribution in [0.1, 0.15) is 16.1 Å². The number of hydrogen-bond donors (Lipinski definition) is 1. The first-order valence-electron chi connectivity index (χ1n) is 8.73. The highest BCUT2D eigenvalue weighted by Crippen LogP contribution is 2.17. The molecule has 1 aromatic heterocycles. The average Bonchev–Trinajstić information content (AvgIpc) is 2.74. The molecule has 0 aliphatic carbocycles. The molecule has 1 amide bonds. The summed E-state index contributed by atoms with van der Waals surface area (Å²) in [6.45, 7) is 0.371. The van der Waals surface area contributed by atoms with Crippen LogP contribution in [0, 0.1) is 0 Å². The first-order chi connectivity index (χ1) is 13.6. The molecule has 0 saturated carbocycles. The van der Waals surface area contributed by atoms with Crippen LogP contribution in [0.3, 0.4) is 0 Å². The second kappa shape index (κ2) is 7.66. The summed E-state index contributed by atoms with van der Waals surface area (Å²) in [6, 6.07) is 23.3. The van der Waals surface area contributed by atoms with E-state index >= 15 is 0 Å². The van der Waals surface area contributed by atoms with Crippen LogP contribution >= 0.6 is 11.6 Å². The minimum atomic E-state index is -0.345. The molecule has 4 rings (SSSR count). The molecule has 0 fully saturated rings. The predicted octanol–water partition coefficient (Wildman–Crippen LogP) is 3.97. The maximum atomic E-state index is 12.9. The van der Waals surface area contributed by atoms with E-state index < -0.39 is 0 Å². The molecule has 28 heavy (non-hydrogen) atoms. The summed E-state index contributed by atoms with van der Waals surface area (Å²) in [5.74, 6) is -0.345. The van der Waals surface area contributed by atoms with Crippen LogP contribution in [0.15, 0.2) is 83.7 Å². The molecule has 1 heterocycles. The maximum Gasteiger partial charge on any atom is 0.279 e. The standard InChI is InChI=1S/C22H16ClN3O2/c23-16-10-12-17(13-11-16)26-22(28)19-9-5-4-8-18(19)20(25-26)21(27)24-14-15-6-2-1-3-7-15/h1-13H,14H2,(H,24,27). The molecule has 0 spiro atoms. The van der Waals surface area contributed by atoms with E-state index in [0.717, 1.165) is 5.56 Å². The Bertz CT molecular complexity index is 1200. The van der Waals surface area contributed by atoms with Crippen LogP contribution in [0.4, 0.5) is 0 Å². The summed E-state index contributed by atoms with van der Waals surface area (Å²) in [5.41, 5.74) is 1.42. The fourth-order valence-electron chi connectivity index (χ4n) is 2.98. The van der Waals surface area contributed by atoms with Crippen molar-refractivity contribution < 1.29 is 4.79 Å². The van der Waals surface area contributed by atoms with Gasteiger partial charge in [-0.3, -0.25) is 9.59 Å². The van der Waals surface area contributed by atoms with Crippen molar-refractivity contribution in [2.24, 2.45) is 0 Å². The molecule has 0 radical (unpaired) electrons. The Balaban J connectivity index is 1.78. The Labute approximate surface area is 166 Å². The van der Waals surface area contributed by atoms with Crippen molar-refractivity contribution >= 4 is 28.3 Å². The highest BCUT2D eigenvalue weighted by molar-refractivity contribution is 6.30. The van der Waals surface area contributed by atoms with Crippen LogP contribution < -0.4 is 10.9 Å². The summed E-state index contributed by atoms with van der Waals surface area (Å²) in [5, 5.41) is 8.74. The number of carbonyl (C=O) groups excluding carboxylic acids is 1. The van der Waals surface area contributed by atoms with Crippen molar-refractivity contribution in [2.45, 2.75) is 6.54 Å². The lowest BCUT2D eigenvalue weighted by molar-refractivity contribution is 0.0946. The summed E-state index contributed by atoms with van der Waals surface area (Å²) < 4.78 is 1.23. The van der Waals surface area contributed by atoms with Gasteiger partial charge >= 0.3 is 0 Å². The summed E-state index contributed by atoms with van der Waals surface area (Å²) in [6.07, 6.45) is 0. The van der Waals surface area contributed by atoms with E-state index in [4.69, 9.17) is 11.6 Å². The topological polar surface area (TPSA) is 64.0 Å². The second-order valence-electron chi connectivity index (χ2n) is 6.26. The number of benzene rings is 3. The summed E-state index contributed by atoms with van der Waals surface area (Å²) >= 11 is 5.94. The number of halogens is 1. The van der Waals surface area contributed by atoms with Gasteiger partial charge in [0.2, 0.25) is 0 Å². The molecule has 4 aromatic rings. The van der Waals surface area contributed by atoms with Gasteiger partial charge in [0.05, 0.1) is 11.1 Å². The smallest absolute Gasteiger partial charge is 0.279 e. The largest absolute Gasteiger partial charge is 0.347 e. The van der Waals surface area contributed by atoms with Crippen LogP contribution in [0.5, 0.6) is 0 Å². The molecule has 6 heteroatoms. The number of hydrogen-bond acceptors (Lipinski definition) is 3. The van der Waals surface area contributed by atoms with E-state index in [0.29, 0.717) is 28.0 Å². The first-order valence-corrected chi connectivity index (χ1v) is 9.11. The minimum absolute atomic E-state index is 0.195. The van der Waals surface area contributed by atoms with Gasteiger partial charge < -0.3 is 5.32 Å². The zero-order chi connectivity index (χ0) is 19.5. The Kier molecular flexibility index (Phi) is 4.91. The number of fused-ring (bicyclic) bond motifs is 1. The molecule has 0 saturated heterocycles. The molecule has 0 unspecified atom stereocenters. The molecule has 138 valence electrons. The van der Waals surface area contributed by atoms with Crippen molar-refractivity contribution in [3.05, 3.63) is 105 Å². The monoisotopic (exact) mass is 389 g/mol. The lowest BCUT2D eigenvalue weighted by Crippen LogP contribution is -2.29. The highest BCUT2D eigenvalue weighted by Gasteiger charge is 2.17. The van der Waals surface area contributed by atoms with Gasteiger partial charge in [0.15, 0.2) is 5.69 Å². The normalized spacial score (nSPS) is 10.8. The van der Waals surface area contributed by atoms with Crippen LogP contribution in [0.2, 0.25) is 5.02 Å². The highest BCUT2D eigenvalue weighted by atomic mass is 35.5. The number of aromatic nitrogens is 2. The first kappa shape index (κ1) is 17.9. The van der Waals surface area contributed by atoms with E-state index in [-0.39, 0.29) is 17.2 Å². The zero-order valence-electron chi connectivity index (χ0n) is 14.8. The summed E-state index contributed by atoms with van der Waals surface area (Å²) in [4.78, 5) is 25.8. The van der Waals surface area contributed by atoms with E-state index in [1.165, 1.54) is 4.68 Å². The maximum absolute atomic E-state index is 12.9. The van der Waals surface area contributed by atoms with Gasteiger partial charge in [-0.15, -0.1) is 0 Å². The quantitative estimate of drug-likeness (QED) is 0.574.